The van der Waals surface area contributed by atoms with E-state index in [9.17, 15) is 0 Å². The van der Waals surface area contributed by atoms with Gasteiger partial charge in [0, 0.05) is 21.0 Å². The van der Waals surface area contributed by atoms with Crippen LogP contribution in [0.1, 0.15) is 51.4 Å². The van der Waals surface area contributed by atoms with Crippen molar-refractivity contribution in [3.05, 3.63) is 0 Å². The number of thiol groups is 4. The first-order valence-corrected chi connectivity index (χ1v) is 8.36. The first-order valence-electron chi connectivity index (χ1n) is 6.30. The second kappa shape index (κ2) is 8.49. The topological polar surface area (TPSA) is 0 Å². The molecule has 0 heterocycles. The second-order valence-corrected chi connectivity index (χ2v) is 7.85. The SMILES string of the molecule is SC1CCC(S)CCC(S)CCC(S)CC1. The van der Waals surface area contributed by atoms with Crippen LogP contribution in [0, 0.1) is 0 Å². The van der Waals surface area contributed by atoms with Gasteiger partial charge in [0.05, 0.1) is 0 Å². The number of hydrogen-bond donors (Lipinski definition) is 4. The Kier molecular flexibility index (Phi) is 8.20. The van der Waals surface area contributed by atoms with Crippen LogP contribution < -0.4 is 0 Å². The molecule has 1 rings (SSSR count). The largest absolute Gasteiger partial charge is 0.176 e. The fourth-order valence-corrected chi connectivity index (χ4v) is 3.31. The normalized spacial score (nSPS) is 39.8. The van der Waals surface area contributed by atoms with Crippen LogP contribution in [0.3, 0.4) is 0 Å². The Morgan fingerprint density at radius 1 is 0.375 bits per heavy atom. The lowest BCUT2D eigenvalue weighted by molar-refractivity contribution is 0.532. The minimum absolute atomic E-state index is 0.538. The van der Waals surface area contributed by atoms with Gasteiger partial charge >= 0.3 is 0 Å². The Balaban J connectivity index is 2.39. The van der Waals surface area contributed by atoms with Gasteiger partial charge in [-0.15, -0.1) is 0 Å². The molecular weight excluding hydrogens is 272 g/mol. The van der Waals surface area contributed by atoms with Crippen LogP contribution in [0.5, 0.6) is 0 Å². The van der Waals surface area contributed by atoms with Crippen molar-refractivity contribution in [1.82, 2.24) is 0 Å². The van der Waals surface area contributed by atoms with Crippen LogP contribution >= 0.6 is 50.5 Å². The third kappa shape index (κ3) is 6.97. The predicted octanol–water partition coefficient (Wildman–Crippen LogP) is 4.31. The van der Waals surface area contributed by atoms with Crippen LogP contribution in [-0.4, -0.2) is 21.0 Å². The highest BCUT2D eigenvalue weighted by Crippen LogP contribution is 2.26. The van der Waals surface area contributed by atoms with Gasteiger partial charge in [0.1, 0.15) is 0 Å². The molecule has 0 aromatic carbocycles. The monoisotopic (exact) mass is 296 g/mol. The van der Waals surface area contributed by atoms with Gasteiger partial charge < -0.3 is 0 Å². The van der Waals surface area contributed by atoms with Crippen molar-refractivity contribution >= 4 is 50.5 Å². The molecule has 0 saturated heterocycles. The van der Waals surface area contributed by atoms with Crippen LogP contribution in [0.2, 0.25) is 0 Å². The lowest BCUT2D eigenvalue weighted by atomic mass is 10.00. The van der Waals surface area contributed by atoms with Gasteiger partial charge in [-0.25, -0.2) is 0 Å². The molecule has 0 nitrogen and oxygen atoms in total. The molecule has 1 saturated carbocycles. The van der Waals surface area contributed by atoms with E-state index in [0.717, 1.165) is 0 Å². The summed E-state index contributed by atoms with van der Waals surface area (Å²) < 4.78 is 0. The first-order chi connectivity index (χ1) is 7.58. The maximum Gasteiger partial charge on any atom is 0.00176 e. The Hall–Kier alpha value is 1.40. The summed E-state index contributed by atoms with van der Waals surface area (Å²) in [6.07, 6.45) is 9.52. The fraction of sp³-hybridized carbons (Fsp3) is 1.00. The second-order valence-electron chi connectivity index (χ2n) is 4.92. The number of rotatable bonds is 0. The molecule has 16 heavy (non-hydrogen) atoms. The van der Waals surface area contributed by atoms with Crippen LogP contribution in [0.15, 0.2) is 0 Å². The predicted molar refractivity (Wildman–Crippen MR) is 88.0 cm³/mol. The van der Waals surface area contributed by atoms with Gasteiger partial charge in [-0.3, -0.25) is 0 Å². The van der Waals surface area contributed by atoms with Crippen molar-refractivity contribution in [3.8, 4) is 0 Å². The van der Waals surface area contributed by atoms with E-state index in [1.807, 2.05) is 0 Å². The average Bonchev–Trinajstić information content (AvgIpc) is 2.27. The molecule has 0 spiro atoms. The van der Waals surface area contributed by atoms with Crippen molar-refractivity contribution in [2.24, 2.45) is 0 Å². The molecule has 0 N–H and O–H groups in total. The maximum atomic E-state index is 4.64. The van der Waals surface area contributed by atoms with Gasteiger partial charge in [0.2, 0.25) is 0 Å². The quantitative estimate of drug-likeness (QED) is 0.470. The van der Waals surface area contributed by atoms with E-state index in [1.165, 1.54) is 51.4 Å². The minimum Gasteiger partial charge on any atom is -0.176 e. The zero-order chi connectivity index (χ0) is 12.0. The summed E-state index contributed by atoms with van der Waals surface area (Å²) in [6, 6.07) is 0. The summed E-state index contributed by atoms with van der Waals surface area (Å²) in [5.74, 6) is 0. The molecule has 0 radical (unpaired) electrons. The zero-order valence-corrected chi connectivity index (χ0v) is 13.3. The van der Waals surface area contributed by atoms with Crippen molar-refractivity contribution in [2.45, 2.75) is 72.4 Å². The van der Waals surface area contributed by atoms with Crippen molar-refractivity contribution in [2.75, 3.05) is 0 Å². The molecule has 1 aliphatic carbocycles. The summed E-state index contributed by atoms with van der Waals surface area (Å²) in [7, 11) is 0. The van der Waals surface area contributed by atoms with Gasteiger partial charge in [-0.05, 0) is 51.4 Å². The maximum absolute atomic E-state index is 4.64. The zero-order valence-electron chi connectivity index (χ0n) is 9.76. The number of hydrogen-bond acceptors (Lipinski definition) is 4. The smallest absolute Gasteiger partial charge is 0.00176 e. The molecule has 0 aliphatic heterocycles. The lowest BCUT2D eigenvalue weighted by Crippen LogP contribution is -2.13. The standard InChI is InChI=1S/C12H24S4/c13-9-1-2-10(14)5-6-12(16)8-7-11(15)4-3-9/h9-16H,1-8H2. The summed E-state index contributed by atoms with van der Waals surface area (Å²) >= 11 is 18.6. The Bertz CT molecular complexity index is 130. The molecule has 0 bridgehead atoms. The van der Waals surface area contributed by atoms with Crippen LogP contribution in [-0.2, 0) is 0 Å². The van der Waals surface area contributed by atoms with E-state index in [0.29, 0.717) is 21.0 Å². The third-order valence-electron chi connectivity index (χ3n) is 3.33. The molecule has 0 aromatic heterocycles. The summed E-state index contributed by atoms with van der Waals surface area (Å²) in [5, 5.41) is 2.15. The highest BCUT2D eigenvalue weighted by Gasteiger charge is 2.15. The third-order valence-corrected chi connectivity index (χ3v) is 5.40. The Morgan fingerprint density at radius 2 is 0.500 bits per heavy atom. The molecule has 1 fully saturated rings. The summed E-state index contributed by atoms with van der Waals surface area (Å²) in [4.78, 5) is 0. The molecule has 0 unspecified atom stereocenters. The summed E-state index contributed by atoms with van der Waals surface area (Å²) in [6.45, 7) is 0. The van der Waals surface area contributed by atoms with Crippen molar-refractivity contribution in [1.29, 1.82) is 0 Å². The van der Waals surface area contributed by atoms with Gasteiger partial charge in [-0.2, -0.15) is 50.5 Å². The highest BCUT2D eigenvalue weighted by atomic mass is 32.1. The summed E-state index contributed by atoms with van der Waals surface area (Å²) in [5.41, 5.74) is 0. The van der Waals surface area contributed by atoms with E-state index in [4.69, 9.17) is 0 Å². The Labute approximate surface area is 122 Å². The molecule has 0 aromatic rings. The molecule has 1 aliphatic rings. The highest BCUT2D eigenvalue weighted by molar-refractivity contribution is 7.81. The fourth-order valence-electron chi connectivity index (χ4n) is 2.12. The molecule has 4 heteroatoms. The van der Waals surface area contributed by atoms with E-state index in [1.54, 1.807) is 0 Å². The molecule has 0 atom stereocenters. The van der Waals surface area contributed by atoms with E-state index in [2.05, 4.69) is 50.5 Å². The average molecular weight is 297 g/mol. The first kappa shape index (κ1) is 15.5. The lowest BCUT2D eigenvalue weighted by Gasteiger charge is -2.21. The van der Waals surface area contributed by atoms with E-state index in [-0.39, 0.29) is 0 Å². The molecular formula is C12H24S4. The van der Waals surface area contributed by atoms with E-state index >= 15 is 0 Å². The van der Waals surface area contributed by atoms with Gasteiger partial charge in [-0.1, -0.05) is 0 Å². The van der Waals surface area contributed by atoms with Gasteiger partial charge in [0.25, 0.3) is 0 Å². The minimum atomic E-state index is 0.538. The van der Waals surface area contributed by atoms with Gasteiger partial charge in [0.15, 0.2) is 0 Å². The van der Waals surface area contributed by atoms with Crippen molar-refractivity contribution < 1.29 is 0 Å². The van der Waals surface area contributed by atoms with E-state index < -0.39 is 0 Å². The molecule has 96 valence electrons. The Morgan fingerprint density at radius 3 is 0.625 bits per heavy atom. The van der Waals surface area contributed by atoms with Crippen LogP contribution in [0.25, 0.3) is 0 Å². The van der Waals surface area contributed by atoms with Crippen LogP contribution in [0.4, 0.5) is 0 Å². The molecule has 0 amide bonds. The van der Waals surface area contributed by atoms with Crippen molar-refractivity contribution in [3.63, 3.8) is 0 Å².